The number of hydrogen-bond donors (Lipinski definition) is 2. The van der Waals surface area contributed by atoms with Gasteiger partial charge in [-0.25, -0.2) is 0 Å². The van der Waals surface area contributed by atoms with Crippen molar-refractivity contribution in [3.8, 4) is 17.2 Å². The van der Waals surface area contributed by atoms with Crippen LogP contribution in [0, 0.1) is 0 Å². The minimum atomic E-state index is -0.865. The minimum absolute atomic E-state index is 0.0221. The van der Waals surface area contributed by atoms with Crippen molar-refractivity contribution in [2.24, 2.45) is 0 Å². The van der Waals surface area contributed by atoms with Crippen LogP contribution in [0.15, 0.2) is 22.8 Å². The maximum atomic E-state index is 12.8. The van der Waals surface area contributed by atoms with Gasteiger partial charge < -0.3 is 14.9 Å². The van der Waals surface area contributed by atoms with E-state index < -0.39 is 5.41 Å². The molecular weight excluding hydrogens is 320 g/mol. The number of benzene rings is 1. The van der Waals surface area contributed by atoms with E-state index in [9.17, 15) is 19.8 Å². The van der Waals surface area contributed by atoms with Crippen LogP contribution in [0.25, 0.3) is 0 Å². The molecule has 2 N–H and O–H groups in total. The van der Waals surface area contributed by atoms with Crippen molar-refractivity contribution in [3.63, 3.8) is 0 Å². The van der Waals surface area contributed by atoms with Gasteiger partial charge in [0.25, 0.3) is 0 Å². The number of carbonyl (C=O) groups excluding carboxylic acids is 2. The van der Waals surface area contributed by atoms with Crippen molar-refractivity contribution in [2.75, 3.05) is 0 Å². The molecule has 4 rings (SSSR count). The highest BCUT2D eigenvalue weighted by atomic mass is 16.5. The number of ketones is 2. The van der Waals surface area contributed by atoms with Crippen molar-refractivity contribution in [1.82, 2.24) is 0 Å². The summed E-state index contributed by atoms with van der Waals surface area (Å²) in [4.78, 5) is 25.3. The van der Waals surface area contributed by atoms with Gasteiger partial charge in [-0.05, 0) is 43.6 Å². The first-order valence-electron chi connectivity index (χ1n) is 8.42. The third-order valence-corrected chi connectivity index (χ3v) is 5.88. The molecular formula is C20H20O5. The zero-order valence-corrected chi connectivity index (χ0v) is 14.7. The Bertz CT molecular complexity index is 934. The second kappa shape index (κ2) is 4.75. The molecule has 0 saturated heterocycles. The summed E-state index contributed by atoms with van der Waals surface area (Å²) in [7, 11) is 0. The Morgan fingerprint density at radius 2 is 1.84 bits per heavy atom. The molecule has 2 aliphatic carbocycles. The number of phenolic OH excluding ortho intramolecular Hbond substituents is 2. The number of hydrogen-bond acceptors (Lipinski definition) is 5. The lowest BCUT2D eigenvalue weighted by Crippen LogP contribution is -2.38. The van der Waals surface area contributed by atoms with Crippen LogP contribution >= 0.6 is 0 Å². The average Bonchev–Trinajstić information content (AvgIpc) is 2.94. The number of allylic oxidation sites excluding steroid dienone is 4. The van der Waals surface area contributed by atoms with E-state index in [0.717, 1.165) is 11.1 Å². The molecule has 0 radical (unpaired) electrons. The molecule has 0 aromatic heterocycles. The molecule has 5 heteroatoms. The summed E-state index contributed by atoms with van der Waals surface area (Å²) in [6, 6.07) is 0. The Balaban J connectivity index is 2.09. The van der Waals surface area contributed by atoms with Gasteiger partial charge in [0, 0.05) is 29.4 Å². The Kier molecular flexibility index (Phi) is 3.03. The molecule has 1 aliphatic heterocycles. The number of Topliss-reactive ketones (excluding diaryl/α,β-unsaturated/α-hetero) is 1. The molecule has 0 amide bonds. The van der Waals surface area contributed by atoms with Crippen LogP contribution in [0.4, 0.5) is 0 Å². The lowest BCUT2D eigenvalue weighted by molar-refractivity contribution is -0.116. The Hall–Kier alpha value is -2.56. The molecule has 5 nitrogen and oxygen atoms in total. The molecule has 2 atom stereocenters. The molecule has 1 heterocycles. The van der Waals surface area contributed by atoms with Crippen molar-refractivity contribution < 1.29 is 24.5 Å². The second-order valence-electron chi connectivity index (χ2n) is 7.49. The zero-order valence-electron chi connectivity index (χ0n) is 14.7. The quantitative estimate of drug-likeness (QED) is 0.709. The van der Waals surface area contributed by atoms with Gasteiger partial charge in [-0.1, -0.05) is 6.92 Å². The van der Waals surface area contributed by atoms with Gasteiger partial charge in [0.2, 0.25) is 0 Å². The standard InChI is InChI=1S/C20H20O5/c1-8-5-11-17(23)15-13(21)6-12-9(2)10(3)14(22)7-20(12,4)16(15)18(24)19(11)25-8/h6,8,23-24H,5,7H2,1-4H3. The molecule has 25 heavy (non-hydrogen) atoms. The van der Waals surface area contributed by atoms with Gasteiger partial charge in [0.05, 0.1) is 5.56 Å². The largest absolute Gasteiger partial charge is 0.507 e. The van der Waals surface area contributed by atoms with Gasteiger partial charge in [-0.2, -0.15) is 0 Å². The van der Waals surface area contributed by atoms with Crippen LogP contribution < -0.4 is 4.74 Å². The summed E-state index contributed by atoms with van der Waals surface area (Å²) in [5, 5.41) is 21.6. The molecule has 0 fully saturated rings. The average molecular weight is 340 g/mol. The first-order valence-corrected chi connectivity index (χ1v) is 8.42. The summed E-state index contributed by atoms with van der Waals surface area (Å²) in [5.41, 5.74) is 2.11. The Morgan fingerprint density at radius 3 is 2.52 bits per heavy atom. The Labute approximate surface area is 145 Å². The van der Waals surface area contributed by atoms with E-state index in [1.807, 2.05) is 20.8 Å². The molecule has 2 unspecified atom stereocenters. The van der Waals surface area contributed by atoms with Crippen LogP contribution in [0.2, 0.25) is 0 Å². The van der Waals surface area contributed by atoms with E-state index >= 15 is 0 Å². The fraction of sp³-hybridized carbons (Fsp3) is 0.400. The van der Waals surface area contributed by atoms with Crippen LogP contribution in [-0.2, 0) is 16.6 Å². The molecule has 130 valence electrons. The van der Waals surface area contributed by atoms with E-state index in [2.05, 4.69) is 0 Å². The fourth-order valence-corrected chi connectivity index (χ4v) is 4.44. The smallest absolute Gasteiger partial charge is 0.190 e. The number of fused-ring (bicyclic) bond motifs is 4. The third-order valence-electron chi connectivity index (χ3n) is 5.88. The predicted molar refractivity (Wildman–Crippen MR) is 91.3 cm³/mol. The lowest BCUT2D eigenvalue weighted by atomic mass is 9.61. The van der Waals surface area contributed by atoms with Crippen molar-refractivity contribution in [1.29, 1.82) is 0 Å². The summed E-state index contributed by atoms with van der Waals surface area (Å²) < 4.78 is 5.68. The van der Waals surface area contributed by atoms with E-state index in [1.54, 1.807) is 6.92 Å². The fourth-order valence-electron chi connectivity index (χ4n) is 4.44. The molecule has 1 aromatic rings. The highest BCUT2D eigenvalue weighted by Gasteiger charge is 2.48. The maximum absolute atomic E-state index is 12.8. The number of aromatic hydroxyl groups is 2. The number of carbonyl (C=O) groups is 2. The van der Waals surface area contributed by atoms with E-state index in [0.29, 0.717) is 23.1 Å². The van der Waals surface area contributed by atoms with Crippen molar-refractivity contribution in [2.45, 2.75) is 52.1 Å². The summed E-state index contributed by atoms with van der Waals surface area (Å²) in [6.07, 6.45) is 1.88. The van der Waals surface area contributed by atoms with Crippen LogP contribution in [0.5, 0.6) is 17.2 Å². The van der Waals surface area contributed by atoms with Crippen LogP contribution in [0.1, 0.15) is 55.6 Å². The number of phenols is 2. The molecule has 0 saturated carbocycles. The first kappa shape index (κ1) is 15.9. The first-order chi connectivity index (χ1) is 11.7. The van der Waals surface area contributed by atoms with Gasteiger partial charge >= 0.3 is 0 Å². The summed E-state index contributed by atoms with van der Waals surface area (Å²) >= 11 is 0. The number of ether oxygens (including phenoxy) is 1. The summed E-state index contributed by atoms with van der Waals surface area (Å²) in [6.45, 7) is 7.24. The normalized spacial score (nSPS) is 27.5. The van der Waals surface area contributed by atoms with Gasteiger partial charge in [0.15, 0.2) is 23.1 Å². The third kappa shape index (κ3) is 1.84. The SMILES string of the molecule is CC1=C(C)C2=CC(=O)c3c(O)c4c(c(O)c3C2(C)CC1=O)OC(C)C4. The van der Waals surface area contributed by atoms with Gasteiger partial charge in [-0.15, -0.1) is 0 Å². The van der Waals surface area contributed by atoms with Gasteiger partial charge in [0.1, 0.15) is 11.9 Å². The predicted octanol–water partition coefficient (Wildman–Crippen LogP) is 3.11. The van der Waals surface area contributed by atoms with Gasteiger partial charge in [-0.3, -0.25) is 9.59 Å². The van der Waals surface area contributed by atoms with E-state index in [-0.39, 0.29) is 46.9 Å². The Morgan fingerprint density at radius 1 is 1.16 bits per heavy atom. The van der Waals surface area contributed by atoms with Crippen molar-refractivity contribution in [3.05, 3.63) is 39.5 Å². The monoisotopic (exact) mass is 340 g/mol. The summed E-state index contributed by atoms with van der Waals surface area (Å²) in [5.74, 6) is -0.403. The van der Waals surface area contributed by atoms with E-state index in [4.69, 9.17) is 4.74 Å². The topological polar surface area (TPSA) is 83.8 Å². The van der Waals surface area contributed by atoms with Crippen molar-refractivity contribution >= 4 is 11.6 Å². The molecule has 1 aromatic carbocycles. The van der Waals surface area contributed by atoms with E-state index in [1.165, 1.54) is 6.08 Å². The highest BCUT2D eigenvalue weighted by molar-refractivity contribution is 6.13. The van der Waals surface area contributed by atoms with Crippen LogP contribution in [-0.4, -0.2) is 27.9 Å². The molecule has 0 spiro atoms. The molecule has 0 bridgehead atoms. The highest BCUT2D eigenvalue weighted by Crippen LogP contribution is 2.57. The van der Waals surface area contributed by atoms with Crippen LogP contribution in [0.3, 0.4) is 0 Å². The molecule has 3 aliphatic rings. The number of rotatable bonds is 0. The zero-order chi connectivity index (χ0) is 18.3. The lowest BCUT2D eigenvalue weighted by Gasteiger charge is -2.41. The second-order valence-corrected chi connectivity index (χ2v) is 7.49. The minimum Gasteiger partial charge on any atom is -0.507 e. The maximum Gasteiger partial charge on any atom is 0.190 e.